The predicted octanol–water partition coefficient (Wildman–Crippen LogP) is 2.44. The average Bonchev–Trinajstić information content (AvgIpc) is 2.39. The van der Waals surface area contributed by atoms with Crippen LogP contribution in [0.3, 0.4) is 0 Å². The molecule has 4 heteroatoms. The van der Waals surface area contributed by atoms with Crippen molar-refractivity contribution in [3.05, 3.63) is 29.8 Å². The molecule has 4 nitrogen and oxygen atoms in total. The number of rotatable bonds is 9. The van der Waals surface area contributed by atoms with E-state index in [2.05, 4.69) is 4.90 Å². The van der Waals surface area contributed by atoms with E-state index >= 15 is 0 Å². The molecule has 1 rings (SSSR count). The maximum atomic E-state index is 10.7. The smallest absolute Gasteiger partial charge is 0.305 e. The number of carbonyl (C=O) groups is 1. The summed E-state index contributed by atoms with van der Waals surface area (Å²) in [6, 6.07) is 8.14. The molecule has 0 heterocycles. The van der Waals surface area contributed by atoms with E-state index in [0.717, 1.165) is 31.5 Å². The lowest BCUT2D eigenvalue weighted by Crippen LogP contribution is -2.27. The first-order valence-electron chi connectivity index (χ1n) is 6.77. The van der Waals surface area contributed by atoms with Gasteiger partial charge in [-0.25, -0.2) is 0 Å². The molecule has 0 atom stereocenters. The van der Waals surface area contributed by atoms with E-state index in [9.17, 15) is 4.79 Å². The molecule has 0 bridgehead atoms. The van der Waals surface area contributed by atoms with Crippen LogP contribution in [0, 0.1) is 6.92 Å². The predicted molar refractivity (Wildman–Crippen MR) is 76.6 cm³/mol. The number of aliphatic hydroxyl groups excluding tert-OH is 1. The van der Waals surface area contributed by atoms with Crippen LogP contribution in [0.25, 0.3) is 0 Å². The third-order valence-corrected chi connectivity index (χ3v) is 3.08. The first kappa shape index (κ1) is 15.5. The van der Waals surface area contributed by atoms with Crippen molar-refractivity contribution in [1.29, 1.82) is 0 Å². The van der Waals surface area contributed by atoms with Crippen molar-refractivity contribution in [2.45, 2.75) is 32.6 Å². The van der Waals surface area contributed by atoms with Crippen molar-refractivity contribution in [2.75, 3.05) is 24.6 Å². The maximum absolute atomic E-state index is 10.7. The molecular weight excluding hydrogens is 242 g/mol. The second-order valence-corrected chi connectivity index (χ2v) is 4.75. The fraction of sp³-hybridized carbons (Fsp3) is 0.533. The van der Waals surface area contributed by atoms with Crippen molar-refractivity contribution >= 4 is 11.7 Å². The molecule has 0 aliphatic heterocycles. The third-order valence-electron chi connectivity index (χ3n) is 3.08. The first-order chi connectivity index (χ1) is 9.13. The Morgan fingerprint density at radius 2 is 1.79 bits per heavy atom. The minimum atomic E-state index is -0.771. The van der Waals surface area contributed by atoms with Crippen LogP contribution >= 0.6 is 0 Å². The second kappa shape index (κ2) is 8.53. The molecule has 0 saturated heterocycles. The van der Waals surface area contributed by atoms with Crippen molar-refractivity contribution in [1.82, 2.24) is 0 Å². The van der Waals surface area contributed by atoms with E-state index in [1.165, 1.54) is 5.56 Å². The molecule has 0 amide bonds. The van der Waals surface area contributed by atoms with Gasteiger partial charge in [0.2, 0.25) is 0 Å². The number of carboxylic acids is 1. The van der Waals surface area contributed by atoms with Crippen LogP contribution in [0.2, 0.25) is 0 Å². The van der Waals surface area contributed by atoms with Crippen LogP contribution in [0.5, 0.6) is 0 Å². The Morgan fingerprint density at radius 3 is 2.37 bits per heavy atom. The maximum Gasteiger partial charge on any atom is 0.305 e. The van der Waals surface area contributed by atoms with E-state index in [1.54, 1.807) is 0 Å². The van der Waals surface area contributed by atoms with Crippen molar-refractivity contribution in [2.24, 2.45) is 0 Å². The summed E-state index contributed by atoms with van der Waals surface area (Å²) in [5, 5.41) is 17.6. The van der Waals surface area contributed by atoms with Crippen LogP contribution in [0.1, 0.15) is 31.2 Å². The number of unbranched alkanes of at least 4 members (excludes halogenated alkanes) is 2. The van der Waals surface area contributed by atoms with Gasteiger partial charge in [-0.15, -0.1) is 0 Å². The quantitative estimate of drug-likeness (QED) is 0.673. The lowest BCUT2D eigenvalue weighted by molar-refractivity contribution is -0.136. The second-order valence-electron chi connectivity index (χ2n) is 4.75. The number of anilines is 1. The van der Waals surface area contributed by atoms with Gasteiger partial charge >= 0.3 is 5.97 Å². The third kappa shape index (κ3) is 6.25. The molecule has 1 aromatic carbocycles. The summed E-state index contributed by atoms with van der Waals surface area (Å²) >= 11 is 0. The number of nitrogens with zero attached hydrogens (tertiary/aromatic N) is 1. The molecule has 0 aromatic heterocycles. The largest absolute Gasteiger partial charge is 0.481 e. The van der Waals surface area contributed by atoms with Crippen LogP contribution < -0.4 is 4.90 Å². The van der Waals surface area contributed by atoms with Crippen molar-refractivity contribution in [3.63, 3.8) is 0 Å². The highest BCUT2D eigenvalue weighted by atomic mass is 16.4. The summed E-state index contributed by atoms with van der Waals surface area (Å²) in [7, 11) is 0. The monoisotopic (exact) mass is 265 g/mol. The van der Waals surface area contributed by atoms with Gasteiger partial charge in [0.05, 0.1) is 6.42 Å². The number of benzene rings is 1. The fourth-order valence-electron chi connectivity index (χ4n) is 1.95. The average molecular weight is 265 g/mol. The molecule has 1 aromatic rings. The molecule has 0 saturated carbocycles. The van der Waals surface area contributed by atoms with E-state index in [0.29, 0.717) is 6.54 Å². The number of aryl methyl sites for hydroxylation is 1. The Hall–Kier alpha value is -1.55. The van der Waals surface area contributed by atoms with E-state index in [1.807, 2.05) is 31.2 Å². The summed E-state index contributed by atoms with van der Waals surface area (Å²) < 4.78 is 0. The highest BCUT2D eigenvalue weighted by Gasteiger charge is 2.08. The summed E-state index contributed by atoms with van der Waals surface area (Å²) in [6.07, 6.45) is 2.88. The van der Waals surface area contributed by atoms with Crippen LogP contribution in [0.4, 0.5) is 5.69 Å². The van der Waals surface area contributed by atoms with Gasteiger partial charge < -0.3 is 15.1 Å². The van der Waals surface area contributed by atoms with Gasteiger partial charge in [-0.1, -0.05) is 17.7 Å². The number of aliphatic carboxylic acids is 1. The zero-order chi connectivity index (χ0) is 14.1. The molecule has 0 fully saturated rings. The number of hydrogen-bond acceptors (Lipinski definition) is 3. The van der Waals surface area contributed by atoms with Gasteiger partial charge in [-0.2, -0.15) is 0 Å². The Kier molecular flexibility index (Phi) is 6.97. The van der Waals surface area contributed by atoms with Gasteiger partial charge in [0.25, 0.3) is 0 Å². The summed E-state index contributed by atoms with van der Waals surface area (Å²) in [5.74, 6) is -0.771. The molecular formula is C15H23NO3. The molecule has 0 unspecified atom stereocenters. The summed E-state index contributed by atoms with van der Waals surface area (Å²) in [6.45, 7) is 3.61. The normalized spacial score (nSPS) is 10.4. The molecule has 19 heavy (non-hydrogen) atoms. The van der Waals surface area contributed by atoms with Crippen LogP contribution in [0.15, 0.2) is 24.3 Å². The molecule has 0 aliphatic rings. The van der Waals surface area contributed by atoms with Gasteiger partial charge in [-0.3, -0.25) is 4.79 Å². The Balaban J connectivity index is 2.57. The highest BCUT2D eigenvalue weighted by molar-refractivity contribution is 5.67. The van der Waals surface area contributed by atoms with Gasteiger partial charge in [-0.05, 0) is 38.3 Å². The van der Waals surface area contributed by atoms with Crippen molar-refractivity contribution < 1.29 is 15.0 Å². The Labute approximate surface area is 114 Å². The van der Waals surface area contributed by atoms with Gasteiger partial charge in [0, 0.05) is 25.4 Å². The zero-order valence-electron chi connectivity index (χ0n) is 11.5. The number of aliphatic hydroxyl groups is 1. The highest BCUT2D eigenvalue weighted by Crippen LogP contribution is 2.16. The van der Waals surface area contributed by atoms with E-state index in [4.69, 9.17) is 10.2 Å². The van der Waals surface area contributed by atoms with Crippen LogP contribution in [-0.2, 0) is 4.79 Å². The minimum Gasteiger partial charge on any atom is -0.481 e. The fourth-order valence-corrected chi connectivity index (χ4v) is 1.95. The van der Waals surface area contributed by atoms with E-state index < -0.39 is 5.97 Å². The number of carboxylic acid groups (broad SMARTS) is 1. The van der Waals surface area contributed by atoms with Gasteiger partial charge in [0.1, 0.15) is 0 Å². The number of hydrogen-bond donors (Lipinski definition) is 2. The molecule has 0 radical (unpaired) electrons. The van der Waals surface area contributed by atoms with Crippen molar-refractivity contribution in [3.8, 4) is 0 Å². The summed E-state index contributed by atoms with van der Waals surface area (Å²) in [4.78, 5) is 12.8. The lowest BCUT2D eigenvalue weighted by atomic mass is 10.2. The Morgan fingerprint density at radius 1 is 1.11 bits per heavy atom. The molecule has 0 spiro atoms. The Bertz CT molecular complexity index is 375. The molecule has 2 N–H and O–H groups in total. The minimum absolute atomic E-state index is 0.147. The van der Waals surface area contributed by atoms with E-state index in [-0.39, 0.29) is 13.0 Å². The lowest BCUT2D eigenvalue weighted by Gasteiger charge is -2.24. The topological polar surface area (TPSA) is 60.8 Å². The van der Waals surface area contributed by atoms with Gasteiger partial charge in [0.15, 0.2) is 0 Å². The SMILES string of the molecule is Cc1ccc(N(CCCCCO)CCC(=O)O)cc1. The summed E-state index contributed by atoms with van der Waals surface area (Å²) in [5.41, 5.74) is 2.26. The molecule has 106 valence electrons. The standard InChI is InChI=1S/C15H23NO3/c1-13-5-7-14(8-6-13)16(11-9-15(18)19)10-3-2-4-12-17/h5-8,17H,2-4,9-12H2,1H3,(H,18,19). The zero-order valence-corrected chi connectivity index (χ0v) is 11.5. The molecule has 0 aliphatic carbocycles. The first-order valence-corrected chi connectivity index (χ1v) is 6.77. The van der Waals surface area contributed by atoms with Crippen LogP contribution in [-0.4, -0.2) is 35.9 Å².